The fraction of sp³-hybridized carbons (Fsp3) is 0.235. The first-order chi connectivity index (χ1) is 11.2. The summed E-state index contributed by atoms with van der Waals surface area (Å²) >= 11 is 0. The lowest BCUT2D eigenvalue weighted by Gasteiger charge is -2.22. The molecule has 0 fully saturated rings. The van der Waals surface area contributed by atoms with Crippen molar-refractivity contribution in [2.45, 2.75) is 13.8 Å². The lowest BCUT2D eigenvalue weighted by molar-refractivity contribution is -0.123. The Morgan fingerprint density at radius 1 is 1.17 bits per heavy atom. The zero-order chi connectivity index (χ0) is 16.2. The van der Waals surface area contributed by atoms with Gasteiger partial charge in [-0.1, -0.05) is 35.2 Å². The third kappa shape index (κ3) is 3.01. The number of aryl methyl sites for hydroxylation is 1. The van der Waals surface area contributed by atoms with Crippen LogP contribution in [0.25, 0.3) is 11.0 Å². The van der Waals surface area contributed by atoms with Gasteiger partial charge in [0.1, 0.15) is 11.0 Å². The van der Waals surface area contributed by atoms with Crippen LogP contribution in [0, 0.1) is 6.92 Å². The maximum Gasteiger partial charge on any atom is 0.267 e. The number of rotatable bonds is 5. The van der Waals surface area contributed by atoms with Gasteiger partial charge in [0.2, 0.25) is 0 Å². The molecule has 0 radical (unpaired) electrons. The molecule has 0 saturated heterocycles. The second-order valence-corrected chi connectivity index (χ2v) is 5.15. The van der Waals surface area contributed by atoms with E-state index in [4.69, 9.17) is 4.84 Å². The molecule has 0 aliphatic rings. The molecule has 0 bridgehead atoms. The smallest absolute Gasteiger partial charge is 0.267 e. The number of amides is 1. The first-order valence-corrected chi connectivity index (χ1v) is 7.50. The molecule has 0 saturated carbocycles. The van der Waals surface area contributed by atoms with Gasteiger partial charge in [0.05, 0.1) is 0 Å². The molecule has 1 aromatic heterocycles. The molecule has 2 aromatic carbocycles. The van der Waals surface area contributed by atoms with Crippen LogP contribution in [0.2, 0.25) is 0 Å². The molecule has 6 heteroatoms. The van der Waals surface area contributed by atoms with Crippen LogP contribution in [-0.2, 0) is 4.79 Å². The largest absolute Gasteiger partial charge is 0.385 e. The summed E-state index contributed by atoms with van der Waals surface area (Å²) in [5.74, 6) is -0.124. The number of benzene rings is 2. The average molecular weight is 310 g/mol. The van der Waals surface area contributed by atoms with E-state index in [1.165, 1.54) is 4.85 Å². The Labute approximate surface area is 134 Å². The Morgan fingerprint density at radius 3 is 2.70 bits per heavy atom. The molecule has 0 unspecified atom stereocenters. The van der Waals surface area contributed by atoms with Gasteiger partial charge in [-0.05, 0) is 42.8 Å². The highest BCUT2D eigenvalue weighted by Crippen LogP contribution is 2.19. The second kappa shape index (κ2) is 6.48. The normalized spacial score (nSPS) is 10.7. The molecule has 3 aromatic rings. The number of fused-ring (bicyclic) bond motifs is 1. The molecule has 6 nitrogen and oxygen atoms in total. The SMILES string of the molecule is CCN(C(=O)COn1nnc2ccccc21)c1ccccc1C. The van der Waals surface area contributed by atoms with E-state index in [1.807, 2.05) is 62.4 Å². The van der Waals surface area contributed by atoms with Crippen LogP contribution in [0.5, 0.6) is 0 Å². The maximum absolute atomic E-state index is 12.5. The van der Waals surface area contributed by atoms with E-state index in [-0.39, 0.29) is 12.5 Å². The van der Waals surface area contributed by atoms with Crippen LogP contribution in [0.4, 0.5) is 5.69 Å². The quantitative estimate of drug-likeness (QED) is 0.725. The Balaban J connectivity index is 1.74. The number of nitrogens with zero attached hydrogens (tertiary/aromatic N) is 4. The summed E-state index contributed by atoms with van der Waals surface area (Å²) in [6.07, 6.45) is 0. The topological polar surface area (TPSA) is 60.2 Å². The van der Waals surface area contributed by atoms with Gasteiger partial charge in [0.15, 0.2) is 6.61 Å². The lowest BCUT2D eigenvalue weighted by Crippen LogP contribution is -2.37. The van der Waals surface area contributed by atoms with Gasteiger partial charge in [-0.15, -0.1) is 5.10 Å². The number of para-hydroxylation sites is 2. The Morgan fingerprint density at radius 2 is 1.91 bits per heavy atom. The fourth-order valence-corrected chi connectivity index (χ4v) is 2.48. The Kier molecular flexibility index (Phi) is 4.23. The van der Waals surface area contributed by atoms with Crippen LogP contribution in [-0.4, -0.2) is 34.2 Å². The van der Waals surface area contributed by atoms with Crippen molar-refractivity contribution in [2.75, 3.05) is 18.1 Å². The van der Waals surface area contributed by atoms with E-state index in [0.717, 1.165) is 22.3 Å². The first kappa shape index (κ1) is 15.0. The molecule has 23 heavy (non-hydrogen) atoms. The molecule has 0 N–H and O–H groups in total. The highest BCUT2D eigenvalue weighted by atomic mass is 16.7. The minimum Gasteiger partial charge on any atom is -0.385 e. The van der Waals surface area contributed by atoms with Gasteiger partial charge in [-0.3, -0.25) is 4.79 Å². The Bertz CT molecular complexity index is 828. The van der Waals surface area contributed by atoms with E-state index in [9.17, 15) is 4.79 Å². The average Bonchev–Trinajstić information content (AvgIpc) is 2.98. The van der Waals surface area contributed by atoms with Gasteiger partial charge < -0.3 is 9.74 Å². The number of carbonyl (C=O) groups is 1. The van der Waals surface area contributed by atoms with Crippen molar-refractivity contribution in [3.63, 3.8) is 0 Å². The Hall–Kier alpha value is -2.89. The summed E-state index contributed by atoms with van der Waals surface area (Å²) in [5.41, 5.74) is 3.41. The summed E-state index contributed by atoms with van der Waals surface area (Å²) in [7, 11) is 0. The molecule has 0 aliphatic heterocycles. The van der Waals surface area contributed by atoms with Gasteiger partial charge >= 0.3 is 0 Å². The third-order valence-corrected chi connectivity index (χ3v) is 3.66. The maximum atomic E-state index is 12.5. The molecular weight excluding hydrogens is 292 g/mol. The minimum absolute atomic E-state index is 0.102. The molecule has 0 spiro atoms. The van der Waals surface area contributed by atoms with E-state index < -0.39 is 0 Å². The van der Waals surface area contributed by atoms with Crippen LogP contribution < -0.4 is 9.74 Å². The van der Waals surface area contributed by atoms with Gasteiger partial charge in [-0.25, -0.2) is 0 Å². The van der Waals surface area contributed by atoms with Crippen molar-refractivity contribution in [3.8, 4) is 0 Å². The van der Waals surface area contributed by atoms with Gasteiger partial charge in [0, 0.05) is 12.2 Å². The monoisotopic (exact) mass is 310 g/mol. The number of hydrogen-bond acceptors (Lipinski definition) is 4. The third-order valence-electron chi connectivity index (χ3n) is 3.66. The van der Waals surface area contributed by atoms with E-state index >= 15 is 0 Å². The second-order valence-electron chi connectivity index (χ2n) is 5.15. The number of carbonyl (C=O) groups excluding carboxylic acids is 1. The zero-order valence-corrected chi connectivity index (χ0v) is 13.1. The van der Waals surface area contributed by atoms with Crippen molar-refractivity contribution < 1.29 is 9.63 Å². The molecule has 118 valence electrons. The van der Waals surface area contributed by atoms with Crippen molar-refractivity contribution in [2.24, 2.45) is 0 Å². The van der Waals surface area contributed by atoms with Crippen molar-refractivity contribution in [1.82, 2.24) is 15.2 Å². The van der Waals surface area contributed by atoms with Gasteiger partial charge in [-0.2, -0.15) is 0 Å². The predicted octanol–water partition coefficient (Wildman–Crippen LogP) is 2.22. The molecule has 0 atom stereocenters. The summed E-state index contributed by atoms with van der Waals surface area (Å²) in [6.45, 7) is 4.40. The number of likely N-dealkylation sites (N-methyl/N-ethyl adjacent to an activating group) is 1. The van der Waals surface area contributed by atoms with Crippen LogP contribution in [0.1, 0.15) is 12.5 Å². The summed E-state index contributed by atoms with van der Waals surface area (Å²) in [6, 6.07) is 15.2. The molecule has 1 heterocycles. The summed E-state index contributed by atoms with van der Waals surface area (Å²) in [5, 5.41) is 7.91. The lowest BCUT2D eigenvalue weighted by atomic mass is 10.2. The molecule has 3 rings (SSSR count). The van der Waals surface area contributed by atoms with Crippen LogP contribution in [0.3, 0.4) is 0 Å². The highest BCUT2D eigenvalue weighted by molar-refractivity contribution is 5.95. The van der Waals surface area contributed by atoms with E-state index in [2.05, 4.69) is 10.3 Å². The van der Waals surface area contributed by atoms with Crippen LogP contribution in [0.15, 0.2) is 48.5 Å². The fourth-order valence-electron chi connectivity index (χ4n) is 2.48. The predicted molar refractivity (Wildman–Crippen MR) is 88.2 cm³/mol. The van der Waals surface area contributed by atoms with Crippen LogP contribution >= 0.6 is 0 Å². The molecular formula is C17H18N4O2. The van der Waals surface area contributed by atoms with Crippen molar-refractivity contribution in [1.29, 1.82) is 0 Å². The molecule has 0 aliphatic carbocycles. The van der Waals surface area contributed by atoms with Crippen molar-refractivity contribution in [3.05, 3.63) is 54.1 Å². The number of aromatic nitrogens is 3. The van der Waals surface area contributed by atoms with Gasteiger partial charge in [0.25, 0.3) is 5.91 Å². The van der Waals surface area contributed by atoms with E-state index in [0.29, 0.717) is 6.54 Å². The number of hydrogen-bond donors (Lipinski definition) is 0. The molecule has 1 amide bonds. The zero-order valence-electron chi connectivity index (χ0n) is 13.1. The number of anilines is 1. The van der Waals surface area contributed by atoms with Crippen molar-refractivity contribution >= 4 is 22.6 Å². The summed E-state index contributed by atoms with van der Waals surface area (Å²) in [4.78, 5) is 21.0. The minimum atomic E-state index is -0.124. The highest BCUT2D eigenvalue weighted by Gasteiger charge is 2.17. The van der Waals surface area contributed by atoms with E-state index in [1.54, 1.807) is 4.90 Å². The summed E-state index contributed by atoms with van der Waals surface area (Å²) < 4.78 is 0. The first-order valence-electron chi connectivity index (χ1n) is 7.50. The standard InChI is InChI=1S/C17H18N4O2/c1-3-20(15-10-6-4-8-13(15)2)17(22)12-23-21-16-11-7-5-9-14(16)18-19-21/h4-11H,3,12H2,1-2H3.